The summed E-state index contributed by atoms with van der Waals surface area (Å²) in [5, 5.41) is 14.2. The van der Waals surface area contributed by atoms with E-state index in [1.54, 1.807) is 17.2 Å². The van der Waals surface area contributed by atoms with Crippen molar-refractivity contribution in [3.8, 4) is 11.9 Å². The number of likely N-dealkylation sites (tertiary alicyclic amines) is 1. The molecule has 30 heavy (non-hydrogen) atoms. The Morgan fingerprint density at radius 1 is 1.37 bits per heavy atom. The van der Waals surface area contributed by atoms with Crippen LogP contribution in [-0.4, -0.2) is 51.8 Å². The number of hydrogen-bond acceptors (Lipinski definition) is 7. The quantitative estimate of drug-likeness (QED) is 0.808. The Morgan fingerprint density at radius 3 is 2.80 bits per heavy atom. The predicted octanol–water partition coefficient (Wildman–Crippen LogP) is 4.10. The molecule has 8 nitrogen and oxygen atoms in total. The molecule has 160 valence electrons. The molecule has 1 atom stereocenters. The fraction of sp³-hybridized carbons (Fsp3) is 0.545. The SMILES string of the molecule is CC(C)Oc1nc(C#N)cc2cnc(NC3CCCN(C(=O)OC(C)(C)C)C3)cc12. The molecule has 1 fully saturated rings. The molecule has 0 bridgehead atoms. The maximum absolute atomic E-state index is 12.4. The Kier molecular flexibility index (Phi) is 6.30. The number of nitrogens with one attached hydrogen (secondary N) is 1. The number of ether oxygens (including phenoxy) is 2. The normalized spacial score (nSPS) is 17.0. The highest BCUT2D eigenvalue weighted by Gasteiger charge is 2.27. The molecule has 1 aliphatic rings. The molecule has 2 aromatic rings. The minimum atomic E-state index is -0.514. The number of amides is 1. The van der Waals surface area contributed by atoms with E-state index < -0.39 is 5.60 Å². The molecule has 1 saturated heterocycles. The van der Waals surface area contributed by atoms with E-state index in [2.05, 4.69) is 21.4 Å². The number of hydrogen-bond donors (Lipinski definition) is 1. The van der Waals surface area contributed by atoms with E-state index in [9.17, 15) is 10.1 Å². The van der Waals surface area contributed by atoms with Gasteiger partial charge in [0.25, 0.3) is 0 Å². The minimum Gasteiger partial charge on any atom is -0.474 e. The fourth-order valence-corrected chi connectivity index (χ4v) is 3.36. The van der Waals surface area contributed by atoms with Gasteiger partial charge in [0.2, 0.25) is 5.88 Å². The van der Waals surface area contributed by atoms with Crippen LogP contribution < -0.4 is 10.1 Å². The van der Waals surface area contributed by atoms with Crippen LogP contribution in [0.1, 0.15) is 53.2 Å². The molecule has 1 amide bonds. The maximum Gasteiger partial charge on any atom is 0.410 e. The molecule has 0 spiro atoms. The first-order valence-corrected chi connectivity index (χ1v) is 10.3. The van der Waals surface area contributed by atoms with E-state index in [1.165, 1.54) is 0 Å². The molecule has 8 heteroatoms. The highest BCUT2D eigenvalue weighted by molar-refractivity contribution is 5.89. The van der Waals surface area contributed by atoms with E-state index in [4.69, 9.17) is 9.47 Å². The molecule has 1 unspecified atom stereocenters. The number of carbonyl (C=O) groups is 1. The zero-order valence-corrected chi connectivity index (χ0v) is 18.2. The van der Waals surface area contributed by atoms with Gasteiger partial charge in [0.05, 0.1) is 6.10 Å². The second-order valence-corrected chi connectivity index (χ2v) is 8.79. The average Bonchev–Trinajstić information content (AvgIpc) is 2.66. The molecule has 0 aromatic carbocycles. The average molecular weight is 412 g/mol. The molecule has 1 aliphatic heterocycles. The summed E-state index contributed by atoms with van der Waals surface area (Å²) in [5.41, 5.74) is -0.222. The lowest BCUT2D eigenvalue weighted by atomic mass is 10.1. The first-order chi connectivity index (χ1) is 14.1. The molecule has 0 saturated carbocycles. The van der Waals surface area contributed by atoms with Crippen LogP contribution in [0.25, 0.3) is 10.8 Å². The molecular formula is C22H29N5O3. The Bertz CT molecular complexity index is 962. The zero-order valence-electron chi connectivity index (χ0n) is 18.2. The highest BCUT2D eigenvalue weighted by Crippen LogP contribution is 2.28. The third-order valence-electron chi connectivity index (χ3n) is 4.57. The second kappa shape index (κ2) is 8.74. The minimum absolute atomic E-state index is 0.0667. The van der Waals surface area contributed by atoms with Crippen LogP contribution in [0.4, 0.5) is 10.6 Å². The van der Waals surface area contributed by atoms with Crippen molar-refractivity contribution in [2.24, 2.45) is 0 Å². The van der Waals surface area contributed by atoms with Crippen LogP contribution in [0, 0.1) is 11.3 Å². The Hall–Kier alpha value is -3.08. The maximum atomic E-state index is 12.4. The lowest BCUT2D eigenvalue weighted by Crippen LogP contribution is -2.47. The molecule has 2 aromatic heterocycles. The van der Waals surface area contributed by atoms with Gasteiger partial charge in [0, 0.05) is 36.1 Å². The summed E-state index contributed by atoms with van der Waals surface area (Å²) in [6.45, 7) is 10.7. The number of nitrogens with zero attached hydrogens (tertiary/aromatic N) is 4. The van der Waals surface area contributed by atoms with Crippen molar-refractivity contribution in [1.82, 2.24) is 14.9 Å². The van der Waals surface area contributed by atoms with Gasteiger partial charge < -0.3 is 19.7 Å². The van der Waals surface area contributed by atoms with Gasteiger partial charge in [0.1, 0.15) is 23.2 Å². The highest BCUT2D eigenvalue weighted by atomic mass is 16.6. The number of fused-ring (bicyclic) bond motifs is 1. The topological polar surface area (TPSA) is 100 Å². The number of nitriles is 1. The third-order valence-corrected chi connectivity index (χ3v) is 4.57. The van der Waals surface area contributed by atoms with E-state index >= 15 is 0 Å². The molecular weight excluding hydrogens is 382 g/mol. The molecule has 3 rings (SSSR count). The van der Waals surface area contributed by atoms with Gasteiger partial charge in [0.15, 0.2) is 0 Å². The van der Waals surface area contributed by atoms with Crippen LogP contribution >= 0.6 is 0 Å². The van der Waals surface area contributed by atoms with Gasteiger partial charge in [-0.2, -0.15) is 5.26 Å². The third kappa shape index (κ3) is 5.50. The van der Waals surface area contributed by atoms with Gasteiger partial charge in [-0.05, 0) is 59.6 Å². The van der Waals surface area contributed by atoms with E-state index in [0.29, 0.717) is 30.5 Å². The number of carbonyl (C=O) groups excluding carboxylic acids is 1. The fourth-order valence-electron chi connectivity index (χ4n) is 3.36. The Morgan fingerprint density at radius 2 is 2.13 bits per heavy atom. The van der Waals surface area contributed by atoms with Crippen molar-refractivity contribution in [3.05, 3.63) is 24.0 Å². The zero-order chi connectivity index (χ0) is 21.9. The first-order valence-electron chi connectivity index (χ1n) is 10.3. The largest absolute Gasteiger partial charge is 0.474 e. The van der Waals surface area contributed by atoms with Gasteiger partial charge >= 0.3 is 6.09 Å². The molecule has 3 heterocycles. The monoisotopic (exact) mass is 411 g/mol. The predicted molar refractivity (Wildman–Crippen MR) is 114 cm³/mol. The number of anilines is 1. The van der Waals surface area contributed by atoms with Gasteiger partial charge in [-0.1, -0.05) is 0 Å². The Labute approximate surface area is 177 Å². The number of rotatable bonds is 4. The van der Waals surface area contributed by atoms with E-state index in [1.807, 2.05) is 40.7 Å². The van der Waals surface area contributed by atoms with Crippen molar-refractivity contribution in [2.45, 2.75) is 65.2 Å². The van der Waals surface area contributed by atoms with Crippen molar-refractivity contribution in [3.63, 3.8) is 0 Å². The number of piperidine rings is 1. The summed E-state index contributed by atoms with van der Waals surface area (Å²) in [6.07, 6.45) is 3.17. The number of pyridine rings is 2. The van der Waals surface area contributed by atoms with Gasteiger partial charge in [-0.15, -0.1) is 0 Å². The lowest BCUT2D eigenvalue weighted by Gasteiger charge is -2.34. The summed E-state index contributed by atoms with van der Waals surface area (Å²) in [5.74, 6) is 1.10. The van der Waals surface area contributed by atoms with E-state index in [-0.39, 0.29) is 18.2 Å². The lowest BCUT2D eigenvalue weighted by molar-refractivity contribution is 0.0206. The standard InChI is InChI=1S/C22H29N5O3/c1-14(2)29-20-18-10-19(24-12-15(18)9-17(11-23)26-20)25-16-7-6-8-27(13-16)21(28)30-22(3,4)5/h9-10,12,14,16H,6-8,13H2,1-5H3,(H,24,25). The van der Waals surface area contributed by atoms with Crippen molar-refractivity contribution in [2.75, 3.05) is 18.4 Å². The molecule has 1 N–H and O–H groups in total. The van der Waals surface area contributed by atoms with Crippen LogP contribution in [0.15, 0.2) is 18.3 Å². The molecule has 0 radical (unpaired) electrons. The smallest absolute Gasteiger partial charge is 0.410 e. The van der Waals surface area contributed by atoms with Gasteiger partial charge in [-0.3, -0.25) is 0 Å². The summed E-state index contributed by atoms with van der Waals surface area (Å²) >= 11 is 0. The van der Waals surface area contributed by atoms with Gasteiger partial charge in [-0.25, -0.2) is 14.8 Å². The van der Waals surface area contributed by atoms with Crippen LogP contribution in [0.3, 0.4) is 0 Å². The van der Waals surface area contributed by atoms with Crippen LogP contribution in [0.5, 0.6) is 5.88 Å². The van der Waals surface area contributed by atoms with Crippen molar-refractivity contribution in [1.29, 1.82) is 5.26 Å². The summed E-state index contributed by atoms with van der Waals surface area (Å²) in [7, 11) is 0. The number of aromatic nitrogens is 2. The summed E-state index contributed by atoms with van der Waals surface area (Å²) in [6, 6.07) is 5.71. The summed E-state index contributed by atoms with van der Waals surface area (Å²) < 4.78 is 11.3. The second-order valence-electron chi connectivity index (χ2n) is 8.79. The van der Waals surface area contributed by atoms with E-state index in [0.717, 1.165) is 23.6 Å². The Balaban J connectivity index is 1.78. The van der Waals surface area contributed by atoms with Crippen LogP contribution in [0.2, 0.25) is 0 Å². The van der Waals surface area contributed by atoms with Crippen LogP contribution in [-0.2, 0) is 4.74 Å². The van der Waals surface area contributed by atoms with Crippen molar-refractivity contribution >= 4 is 22.7 Å². The van der Waals surface area contributed by atoms with Crippen molar-refractivity contribution < 1.29 is 14.3 Å². The molecule has 0 aliphatic carbocycles. The first kappa shape index (κ1) is 21.6. The summed E-state index contributed by atoms with van der Waals surface area (Å²) in [4.78, 5) is 22.9.